The first-order valence-corrected chi connectivity index (χ1v) is 29.7. The number of benzene rings is 1. The first-order valence-electron chi connectivity index (χ1n) is 28.1. The van der Waals surface area contributed by atoms with E-state index < -0.39 is 34.7 Å². The van der Waals surface area contributed by atoms with Gasteiger partial charge in [-0.1, -0.05) is 45.0 Å². The second kappa shape index (κ2) is 23.9. The van der Waals surface area contributed by atoms with Crippen LogP contribution in [0.1, 0.15) is 117 Å². The number of fused-ring (bicyclic) bond motifs is 4. The Morgan fingerprint density at radius 2 is 1.81 bits per heavy atom. The molecule has 6 aliphatic heterocycles. The summed E-state index contributed by atoms with van der Waals surface area (Å²) in [4.78, 5) is 66.5. The zero-order chi connectivity index (χ0) is 55.6. The Bertz CT molecular complexity index is 2910. The normalized spacial score (nSPS) is 24.2. The number of carbonyl (C=O) groups excluding carboxylic acids is 3. The number of aromatic nitrogens is 4. The van der Waals surface area contributed by atoms with Gasteiger partial charge >= 0.3 is 6.01 Å². The van der Waals surface area contributed by atoms with Crippen molar-refractivity contribution in [2.75, 3.05) is 57.4 Å². The van der Waals surface area contributed by atoms with E-state index in [0.29, 0.717) is 90.6 Å². The molecule has 0 radical (unpaired) electrons. The molecule has 6 aliphatic rings. The number of nitrogens with one attached hydrogen (secondary N) is 4. The number of pyridine rings is 1. The van der Waals surface area contributed by atoms with E-state index in [-0.39, 0.29) is 53.3 Å². The molecule has 426 valence electrons. The largest absolute Gasteiger partial charge is 0.491 e. The van der Waals surface area contributed by atoms with Crippen LogP contribution >= 0.6 is 19.9 Å². The molecule has 0 aliphatic carbocycles. The molecule has 7 atom stereocenters. The number of thiazole rings is 1. The molecule has 0 spiro atoms. The third-order valence-electron chi connectivity index (χ3n) is 16.8. The number of ether oxygens (including phenoxy) is 2. The number of anilines is 1. The van der Waals surface area contributed by atoms with Gasteiger partial charge in [-0.15, -0.1) is 11.3 Å². The van der Waals surface area contributed by atoms with Gasteiger partial charge in [-0.25, -0.2) is 19.8 Å². The molecule has 23 heteroatoms. The number of nitrogens with zero attached hydrogens (tertiary/aromatic N) is 9. The van der Waals surface area contributed by atoms with Crippen LogP contribution in [0.5, 0.6) is 11.9 Å². The number of rotatable bonds is 21. The Labute approximate surface area is 468 Å². The minimum atomic E-state index is -0.877. The quantitative estimate of drug-likeness (QED) is 0.0523. The third-order valence-corrected chi connectivity index (χ3v) is 18.3. The molecule has 3 aromatic heterocycles. The summed E-state index contributed by atoms with van der Waals surface area (Å²) in [5.41, 5.74) is 4.41. The molecule has 3 amide bonds. The summed E-state index contributed by atoms with van der Waals surface area (Å²) in [6.45, 7) is 18.9. The maximum Gasteiger partial charge on any atom is 0.319 e. The second-order valence-corrected chi connectivity index (χ2v) is 25.5. The van der Waals surface area contributed by atoms with Crippen LogP contribution in [0.4, 0.5) is 10.2 Å². The van der Waals surface area contributed by atoms with E-state index in [1.165, 1.54) is 6.20 Å². The molecule has 20 nitrogen and oxygen atoms in total. The van der Waals surface area contributed by atoms with Gasteiger partial charge in [0.2, 0.25) is 38.0 Å². The Kier molecular flexibility index (Phi) is 17.2. The number of piperazine rings is 1. The highest BCUT2D eigenvalue weighted by molar-refractivity contribution is 7.20. The van der Waals surface area contributed by atoms with Crippen LogP contribution in [0.3, 0.4) is 0 Å². The Hall–Kier alpha value is -5.48. The predicted octanol–water partition coefficient (Wildman–Crippen LogP) is 7.14. The van der Waals surface area contributed by atoms with Crippen molar-refractivity contribution in [2.24, 2.45) is 10.2 Å². The van der Waals surface area contributed by atoms with Crippen LogP contribution in [-0.4, -0.2) is 158 Å². The van der Waals surface area contributed by atoms with Crippen LogP contribution in [0, 0.1) is 18.2 Å². The van der Waals surface area contributed by atoms with E-state index >= 15 is 4.39 Å². The van der Waals surface area contributed by atoms with Gasteiger partial charge in [-0.2, -0.15) is 19.0 Å². The first-order chi connectivity index (χ1) is 37.8. The van der Waals surface area contributed by atoms with E-state index in [4.69, 9.17) is 19.1 Å². The van der Waals surface area contributed by atoms with Gasteiger partial charge < -0.3 is 45.6 Å². The Morgan fingerprint density at radius 3 is 2.56 bits per heavy atom. The summed E-state index contributed by atoms with van der Waals surface area (Å²) in [6, 6.07) is 7.55. The third kappa shape index (κ3) is 13.0. The molecule has 3 unspecified atom stereocenters. The Morgan fingerprint density at radius 1 is 1.03 bits per heavy atom. The molecule has 1 aromatic carbocycles. The molecule has 5 saturated heterocycles. The second-order valence-electron chi connectivity index (χ2n) is 24.1. The average molecular weight is 1130 g/mol. The maximum atomic E-state index is 15.4. The van der Waals surface area contributed by atoms with Crippen molar-refractivity contribution in [1.82, 2.24) is 56.1 Å². The van der Waals surface area contributed by atoms with E-state index in [1.807, 2.05) is 63.7 Å². The molecule has 5 fully saturated rings. The number of likely N-dealkylation sites (tertiary alicyclic amines) is 1. The van der Waals surface area contributed by atoms with E-state index in [1.54, 1.807) is 21.3 Å². The zero-order valence-electron chi connectivity index (χ0n) is 46.6. The number of halogens is 1. The number of carbonyl (C=O) groups is 3. The Balaban J connectivity index is 0.664. The summed E-state index contributed by atoms with van der Waals surface area (Å²) in [5, 5.41) is 25.8. The van der Waals surface area contributed by atoms with Crippen molar-refractivity contribution in [3.63, 3.8) is 0 Å². The lowest BCUT2D eigenvalue weighted by Gasteiger charge is -2.36. The summed E-state index contributed by atoms with van der Waals surface area (Å²) in [5.74, 6) is -1.65. The van der Waals surface area contributed by atoms with Gasteiger partial charge in [0.1, 0.15) is 30.0 Å². The molecule has 5 N–H and O–H groups in total. The van der Waals surface area contributed by atoms with E-state index in [0.717, 1.165) is 85.6 Å². The van der Waals surface area contributed by atoms with E-state index in [9.17, 15) is 19.5 Å². The van der Waals surface area contributed by atoms with Gasteiger partial charge in [0.15, 0.2) is 0 Å². The standard InChI is InChI=1S/C56H77FN13O7PS/c1-34(24-61-55(6,7)20-18-44(71)63-48(54(3,4)5)52(74)68-22-8-10-43(68)50(72)58-25-36-11-13-37(14-12-36)47-35(2)60-33-79-47)70-29-40(66-78-77-70)30-75-31-41-17-21-56(19-9-23-69(41)56)32-76-53-64-46-42(26-59-51(73)45(46)57)49(65-53)67-27-38-15-16-39(28-67)62-38/h11-14,26,29,33-34,38-39,41,43,48,61-62H,8-10,15-25,27-28,30-32H2,1-7H3,(H,58,72)(H,59,73)(H,63,71)/t34?,38?,39?,41-,43-,48+,56-/m1/s1. The molecule has 2 bridgehead atoms. The van der Waals surface area contributed by atoms with Crippen LogP contribution < -0.4 is 30.9 Å². The van der Waals surface area contributed by atoms with E-state index in [2.05, 4.69) is 71.5 Å². The van der Waals surface area contributed by atoms with Crippen molar-refractivity contribution < 1.29 is 38.0 Å². The fraction of sp³-hybridized carbons (Fsp3) is 0.625. The van der Waals surface area contributed by atoms with Gasteiger partial charge in [-0.3, -0.25) is 19.3 Å². The number of aromatic hydroxyl groups is 1. The molecular weight excluding hydrogens is 1050 g/mol. The summed E-state index contributed by atoms with van der Waals surface area (Å²) in [6.07, 6.45) is 11.3. The lowest BCUT2D eigenvalue weighted by atomic mass is 9.85. The number of hydrogen-bond acceptors (Lipinski definition) is 18. The summed E-state index contributed by atoms with van der Waals surface area (Å²) < 4.78 is 38.6. The highest BCUT2D eigenvalue weighted by atomic mass is 32.1. The summed E-state index contributed by atoms with van der Waals surface area (Å²) in [7, 11) is 0.452. The number of hydrogen-bond donors (Lipinski definition) is 5. The number of hydroxylamine groups is 2. The molecule has 10 rings (SSSR count). The monoisotopic (exact) mass is 1130 g/mol. The average Bonchev–Trinajstić information content (AvgIpc) is 4.46. The SMILES string of the molecule is Cc1ncsc1-c1ccc(CNC(=O)[C@H]2CCCN2C(=O)[C@H](NC(=O)CCC(C)(C)NCC(C)N2C=C(COC[C@H]3CC[C@@]4(COc5nc(N6CC7CCC(C6)N7)c6cnc(O)c(F)c6n5)CCCN34)N=PO2)C(C)(C)C)cc1. The van der Waals surface area contributed by atoms with Gasteiger partial charge in [0.05, 0.1) is 58.2 Å². The smallest absolute Gasteiger partial charge is 0.319 e. The topological polar surface area (TPSA) is 224 Å². The lowest BCUT2D eigenvalue weighted by Crippen LogP contribution is -2.57. The van der Waals surface area contributed by atoms with Crippen molar-refractivity contribution in [1.29, 1.82) is 0 Å². The number of aryl methyl sites for hydroxylation is 1. The molecule has 4 aromatic rings. The lowest BCUT2D eigenvalue weighted by molar-refractivity contribution is -0.144. The summed E-state index contributed by atoms with van der Waals surface area (Å²) >= 11 is 1.60. The maximum absolute atomic E-state index is 15.4. The fourth-order valence-electron chi connectivity index (χ4n) is 12.2. The minimum Gasteiger partial charge on any atom is -0.491 e. The highest BCUT2D eigenvalue weighted by Crippen LogP contribution is 2.43. The van der Waals surface area contributed by atoms with Gasteiger partial charge in [0, 0.05) is 69.0 Å². The molecular formula is C56H77FN13O7PS. The first kappa shape index (κ1) is 56.8. The molecule has 79 heavy (non-hydrogen) atoms. The fourth-order valence-corrected chi connectivity index (χ4v) is 13.6. The molecule has 0 saturated carbocycles. The van der Waals surface area contributed by atoms with Crippen LogP contribution in [0.2, 0.25) is 0 Å². The van der Waals surface area contributed by atoms with Crippen molar-refractivity contribution in [3.8, 4) is 22.3 Å². The van der Waals surface area contributed by atoms with Crippen LogP contribution in [0.15, 0.2) is 52.6 Å². The van der Waals surface area contributed by atoms with Crippen LogP contribution in [-0.2, 0) is 30.3 Å². The minimum absolute atomic E-state index is 0.00498. The van der Waals surface area contributed by atoms with Crippen LogP contribution in [0.25, 0.3) is 21.3 Å². The predicted molar refractivity (Wildman–Crippen MR) is 301 cm³/mol. The molecule has 9 heterocycles. The number of amides is 3. The van der Waals surface area contributed by atoms with Crippen molar-refractivity contribution in [2.45, 2.75) is 167 Å². The van der Waals surface area contributed by atoms with Crippen molar-refractivity contribution in [3.05, 3.63) is 64.9 Å². The highest BCUT2D eigenvalue weighted by Gasteiger charge is 2.50. The van der Waals surface area contributed by atoms with Gasteiger partial charge in [-0.05, 0) is 109 Å². The van der Waals surface area contributed by atoms with Gasteiger partial charge in [0.25, 0.3) is 0 Å². The van der Waals surface area contributed by atoms with Crippen molar-refractivity contribution >= 4 is 54.4 Å². The zero-order valence-corrected chi connectivity index (χ0v) is 48.3.